The number of nitrogens with one attached hydrogen (secondary N) is 2. The van der Waals surface area contributed by atoms with Gasteiger partial charge in [0.15, 0.2) is 5.78 Å². The normalized spacial score (nSPS) is 14.7. The van der Waals surface area contributed by atoms with E-state index in [0.717, 1.165) is 23.2 Å². The van der Waals surface area contributed by atoms with E-state index in [-0.39, 0.29) is 23.7 Å². The third-order valence-electron chi connectivity index (χ3n) is 6.86. The summed E-state index contributed by atoms with van der Waals surface area (Å²) >= 11 is 0. The van der Waals surface area contributed by atoms with Gasteiger partial charge in [-0.15, -0.1) is 0 Å². The van der Waals surface area contributed by atoms with Crippen molar-refractivity contribution in [3.63, 3.8) is 0 Å². The van der Waals surface area contributed by atoms with Crippen LogP contribution in [0, 0.1) is 0 Å². The number of benzene rings is 3. The molecule has 1 aromatic heterocycles. The Morgan fingerprint density at radius 3 is 2.59 bits per heavy atom. The van der Waals surface area contributed by atoms with Gasteiger partial charge in [-0.05, 0) is 54.3 Å². The molecule has 5 heteroatoms. The number of Topliss-reactive ketones (excluding diaryl/α,β-unsaturated/α-hetero) is 1. The Labute approximate surface area is 199 Å². The van der Waals surface area contributed by atoms with Gasteiger partial charge in [0, 0.05) is 54.3 Å². The van der Waals surface area contributed by atoms with Gasteiger partial charge in [-0.3, -0.25) is 9.59 Å². The first-order valence-corrected chi connectivity index (χ1v) is 11.8. The Balaban J connectivity index is 1.36. The van der Waals surface area contributed by atoms with Crippen LogP contribution in [0.2, 0.25) is 0 Å². The number of nitrogens with zero attached hydrogens (tertiary/aromatic N) is 1. The third kappa shape index (κ3) is 4.15. The summed E-state index contributed by atoms with van der Waals surface area (Å²) in [5.41, 5.74) is 6.22. The molecule has 0 bridgehead atoms. The molecule has 0 saturated carbocycles. The lowest BCUT2D eigenvalue weighted by Crippen LogP contribution is -2.37. The molecular formula is C29H29N3O2. The molecule has 2 N–H and O–H groups in total. The van der Waals surface area contributed by atoms with Gasteiger partial charge in [0.25, 0.3) is 0 Å². The first-order valence-electron chi connectivity index (χ1n) is 11.8. The highest BCUT2D eigenvalue weighted by molar-refractivity contribution is 6.01. The summed E-state index contributed by atoms with van der Waals surface area (Å²) in [7, 11) is 0. The molecular weight excluding hydrogens is 422 g/mol. The first kappa shape index (κ1) is 22.1. The molecule has 2 atom stereocenters. The second-order valence-electron chi connectivity index (χ2n) is 9.01. The number of fused-ring (bicyclic) bond motifs is 2. The van der Waals surface area contributed by atoms with Gasteiger partial charge in [-0.2, -0.15) is 0 Å². The van der Waals surface area contributed by atoms with Crippen LogP contribution in [0.1, 0.15) is 46.8 Å². The van der Waals surface area contributed by atoms with E-state index in [9.17, 15) is 9.59 Å². The van der Waals surface area contributed by atoms with Gasteiger partial charge in [-0.25, -0.2) is 0 Å². The van der Waals surface area contributed by atoms with Crippen LogP contribution in [-0.4, -0.2) is 35.8 Å². The number of amides is 1. The number of rotatable bonds is 7. The minimum absolute atomic E-state index is 0.0390. The lowest BCUT2D eigenvalue weighted by atomic mass is 9.90. The topological polar surface area (TPSA) is 65.2 Å². The molecule has 0 radical (unpaired) electrons. The molecule has 5 rings (SSSR count). The van der Waals surface area contributed by atoms with Crippen LogP contribution in [0.3, 0.4) is 0 Å². The number of carbonyl (C=O) groups is 2. The van der Waals surface area contributed by atoms with Crippen molar-refractivity contribution in [3.8, 4) is 0 Å². The van der Waals surface area contributed by atoms with E-state index in [2.05, 4.69) is 59.0 Å². The third-order valence-corrected chi connectivity index (χ3v) is 6.86. The van der Waals surface area contributed by atoms with Gasteiger partial charge < -0.3 is 15.2 Å². The maximum Gasteiger partial charge on any atom is 0.223 e. The second kappa shape index (κ2) is 9.27. The fraction of sp³-hybridized carbons (Fsp3) is 0.241. The van der Waals surface area contributed by atoms with E-state index in [1.165, 1.54) is 16.5 Å². The zero-order chi connectivity index (χ0) is 23.7. The first-order chi connectivity index (χ1) is 16.5. The number of carbonyl (C=O) groups excluding carboxylic acids is 2. The van der Waals surface area contributed by atoms with Gasteiger partial charge in [-0.1, -0.05) is 48.5 Å². The summed E-state index contributed by atoms with van der Waals surface area (Å²) in [6.45, 7) is 4.83. The van der Waals surface area contributed by atoms with Gasteiger partial charge in [0.1, 0.15) is 0 Å². The van der Waals surface area contributed by atoms with Crippen LogP contribution in [0.25, 0.3) is 10.9 Å². The highest BCUT2D eigenvalue weighted by Crippen LogP contribution is 2.31. The van der Waals surface area contributed by atoms with Gasteiger partial charge in [0.05, 0.1) is 6.04 Å². The Morgan fingerprint density at radius 1 is 1.03 bits per heavy atom. The molecule has 0 saturated heterocycles. The molecule has 0 spiro atoms. The van der Waals surface area contributed by atoms with Crippen molar-refractivity contribution in [1.29, 1.82) is 0 Å². The van der Waals surface area contributed by atoms with Crippen LogP contribution in [0.15, 0.2) is 79.0 Å². The predicted molar refractivity (Wildman–Crippen MR) is 137 cm³/mol. The van der Waals surface area contributed by atoms with E-state index in [0.29, 0.717) is 18.7 Å². The fourth-order valence-corrected chi connectivity index (χ4v) is 4.99. The van der Waals surface area contributed by atoms with Crippen molar-refractivity contribution in [3.05, 3.63) is 101 Å². The molecule has 0 aliphatic carbocycles. The maximum atomic E-state index is 13.3. The standard InChI is InChI=1S/C29H29N3O2/c1-19(29(34)23-12-13-28-22(16-23)14-15-32(28)20(2)33)30-17-25(21-8-4-3-5-9-21)26-18-31-27-11-7-6-10-24(26)27/h3-13,16,18-19,25,30-31H,14-15,17H2,1-2H3/t19-,25-/m0/s1. The van der Waals surface area contributed by atoms with Crippen molar-refractivity contribution < 1.29 is 9.59 Å². The average molecular weight is 452 g/mol. The highest BCUT2D eigenvalue weighted by Gasteiger charge is 2.25. The minimum atomic E-state index is -0.334. The quantitative estimate of drug-likeness (QED) is 0.386. The summed E-state index contributed by atoms with van der Waals surface area (Å²) in [6.07, 6.45) is 2.87. The van der Waals surface area contributed by atoms with E-state index in [1.54, 1.807) is 11.8 Å². The van der Waals surface area contributed by atoms with Gasteiger partial charge >= 0.3 is 0 Å². The molecule has 5 nitrogen and oxygen atoms in total. The number of H-pyrrole nitrogens is 1. The Morgan fingerprint density at radius 2 is 1.79 bits per heavy atom. The average Bonchev–Trinajstić information content (AvgIpc) is 3.48. The number of aromatic amines is 1. The lowest BCUT2D eigenvalue weighted by Gasteiger charge is -2.21. The number of aromatic nitrogens is 1. The number of para-hydroxylation sites is 1. The number of hydrogen-bond acceptors (Lipinski definition) is 3. The molecule has 3 aromatic carbocycles. The van der Waals surface area contributed by atoms with Crippen molar-refractivity contribution in [2.45, 2.75) is 32.2 Å². The van der Waals surface area contributed by atoms with Crippen LogP contribution < -0.4 is 10.2 Å². The zero-order valence-electron chi connectivity index (χ0n) is 19.5. The Bertz CT molecular complexity index is 1340. The van der Waals surface area contributed by atoms with Crippen LogP contribution in [-0.2, 0) is 11.2 Å². The van der Waals surface area contributed by atoms with Crippen molar-refractivity contribution >= 4 is 28.3 Å². The van der Waals surface area contributed by atoms with E-state index in [4.69, 9.17) is 0 Å². The second-order valence-corrected chi connectivity index (χ2v) is 9.01. The van der Waals surface area contributed by atoms with E-state index < -0.39 is 0 Å². The van der Waals surface area contributed by atoms with Crippen LogP contribution in [0.4, 0.5) is 5.69 Å². The Kier molecular flexibility index (Phi) is 6.03. The number of ketones is 1. The summed E-state index contributed by atoms with van der Waals surface area (Å²) in [4.78, 5) is 30.2. The largest absolute Gasteiger partial charge is 0.361 e. The maximum absolute atomic E-state index is 13.3. The van der Waals surface area contributed by atoms with Crippen molar-refractivity contribution in [2.24, 2.45) is 0 Å². The smallest absolute Gasteiger partial charge is 0.223 e. The molecule has 1 aliphatic heterocycles. The van der Waals surface area contributed by atoms with Gasteiger partial charge in [0.2, 0.25) is 5.91 Å². The van der Waals surface area contributed by atoms with Crippen LogP contribution in [0.5, 0.6) is 0 Å². The molecule has 2 heterocycles. The summed E-state index contributed by atoms with van der Waals surface area (Å²) in [6, 6.07) is 24.1. The predicted octanol–water partition coefficient (Wildman–Crippen LogP) is 5.07. The zero-order valence-corrected chi connectivity index (χ0v) is 19.5. The number of hydrogen-bond donors (Lipinski definition) is 2. The lowest BCUT2D eigenvalue weighted by molar-refractivity contribution is -0.116. The highest BCUT2D eigenvalue weighted by atomic mass is 16.2. The van der Waals surface area contributed by atoms with E-state index >= 15 is 0 Å². The molecule has 1 aliphatic rings. The van der Waals surface area contributed by atoms with Crippen molar-refractivity contribution in [2.75, 3.05) is 18.0 Å². The minimum Gasteiger partial charge on any atom is -0.361 e. The monoisotopic (exact) mass is 451 g/mol. The summed E-state index contributed by atoms with van der Waals surface area (Å²) in [5.74, 6) is 0.212. The molecule has 34 heavy (non-hydrogen) atoms. The van der Waals surface area contributed by atoms with E-state index in [1.807, 2.05) is 37.3 Å². The molecule has 172 valence electrons. The molecule has 0 fully saturated rings. The van der Waals surface area contributed by atoms with Crippen molar-refractivity contribution in [1.82, 2.24) is 10.3 Å². The Hall–Kier alpha value is -3.70. The summed E-state index contributed by atoms with van der Waals surface area (Å²) in [5, 5.41) is 4.70. The molecule has 1 amide bonds. The SMILES string of the molecule is CC(=O)N1CCc2cc(C(=O)[C@H](C)NC[C@@H](c3ccccc3)c3c[nH]c4ccccc34)ccc21. The van der Waals surface area contributed by atoms with Crippen LogP contribution >= 0.6 is 0 Å². The molecule has 0 unspecified atom stereocenters. The molecule has 4 aromatic rings. The summed E-state index contributed by atoms with van der Waals surface area (Å²) < 4.78 is 0. The number of anilines is 1. The fourth-order valence-electron chi connectivity index (χ4n) is 4.99.